The Hall–Kier alpha value is -2.45. The number of amides is 2. The summed E-state index contributed by atoms with van der Waals surface area (Å²) in [6.45, 7) is 5.73. The maximum absolute atomic E-state index is 11.3. The average Bonchev–Trinajstić information content (AvgIpc) is 3.07. The number of unbranched alkanes of at least 4 members (excludes halogenated alkanes) is 5. The highest BCUT2D eigenvalue weighted by atomic mass is 32.1. The van der Waals surface area contributed by atoms with Crippen molar-refractivity contribution in [2.45, 2.75) is 64.2 Å². The largest absolute Gasteiger partial charge is 0.439 e. The zero-order valence-electron chi connectivity index (χ0n) is 27.2. The van der Waals surface area contributed by atoms with Gasteiger partial charge in [-0.1, -0.05) is 0 Å². The van der Waals surface area contributed by atoms with E-state index in [4.69, 9.17) is 21.3 Å². The number of ether oxygens (including phenoxy) is 3. The van der Waals surface area contributed by atoms with Gasteiger partial charge < -0.3 is 48.8 Å². The number of hydrogen-bond acceptors (Lipinski definition) is 16. The quantitative estimate of drug-likeness (QED) is 0.0206. The van der Waals surface area contributed by atoms with E-state index in [0.717, 1.165) is 50.8 Å². The lowest BCUT2D eigenvalue weighted by Crippen LogP contribution is -2.34. The number of rotatable bonds is 30. The fourth-order valence-corrected chi connectivity index (χ4v) is 2.54. The van der Waals surface area contributed by atoms with Crippen LogP contribution in [0.5, 0.6) is 0 Å². The summed E-state index contributed by atoms with van der Waals surface area (Å²) in [5.74, 6) is -0.409. The van der Waals surface area contributed by atoms with Crippen LogP contribution in [0.1, 0.15) is 64.2 Å². The number of carbonyl (C=O) groups is 7. The van der Waals surface area contributed by atoms with Crippen molar-refractivity contribution in [2.24, 2.45) is 0 Å². The third-order valence-corrected chi connectivity index (χ3v) is 4.68. The highest BCUT2D eigenvalue weighted by molar-refractivity contribution is 7.75. The Kier molecular flexibility index (Phi) is 49.8. The molecule has 0 saturated heterocycles. The number of aldehydes is 4. The van der Waals surface area contributed by atoms with E-state index in [1.165, 1.54) is 0 Å². The molecule has 16 nitrogen and oxygen atoms in total. The van der Waals surface area contributed by atoms with Gasteiger partial charge in [0.1, 0.15) is 34.2 Å². The summed E-state index contributed by atoms with van der Waals surface area (Å²) in [6.07, 6.45) is 9.26. The van der Waals surface area contributed by atoms with Crippen molar-refractivity contribution >= 4 is 69.6 Å². The SMILES string of the molecule is C=O.O=CCCCC=O.[3H]SONCCCCOCCC=O.[3H]SONCCCCOCCNC(=O)OCC(=O)NCCCC=O. The van der Waals surface area contributed by atoms with Crippen molar-refractivity contribution in [3.63, 3.8) is 0 Å². The van der Waals surface area contributed by atoms with Crippen molar-refractivity contribution in [1.29, 1.82) is 2.25 Å². The molecular formula is C26H50N4O12S2. The van der Waals surface area contributed by atoms with Crippen molar-refractivity contribution < 1.29 is 56.3 Å². The first kappa shape index (κ1) is 43.7. The van der Waals surface area contributed by atoms with Crippen LogP contribution in [-0.4, -0.2) is 105 Å². The molecule has 44 heavy (non-hydrogen) atoms. The molecule has 0 rings (SSSR count). The van der Waals surface area contributed by atoms with Crippen LogP contribution in [0.4, 0.5) is 4.79 Å². The van der Waals surface area contributed by atoms with Crippen LogP contribution in [0, 0.1) is 0 Å². The molecule has 0 fully saturated rings. The maximum atomic E-state index is 11.3. The minimum absolute atomic E-state index is 0.288. The number of carbonyl (C=O) groups excluding carboxylic acids is 7. The van der Waals surface area contributed by atoms with Crippen LogP contribution in [0.3, 0.4) is 0 Å². The molecule has 0 aromatic carbocycles. The molecule has 2 amide bonds. The van der Waals surface area contributed by atoms with Crippen LogP contribution in [0.25, 0.3) is 0 Å². The highest BCUT2D eigenvalue weighted by Crippen LogP contribution is 1.90. The number of hydrogen-bond donors (Lipinski definition) is 6. The van der Waals surface area contributed by atoms with Crippen LogP contribution in [-0.2, 0) is 51.5 Å². The standard InChI is InChI=1S/C13H25N3O6S.C7H15NO3S.C5H8O2.CH2O/c17-8-3-1-5-14-12(18)11-21-13(19)15-7-10-20-9-4-2-6-16-22-23;9-5-3-7-10-6-2-1-4-8-11-12;6-4-2-1-3-5-7;1-2/h8,16,23H,1-7,9-11H2,(H,14,18)(H,15,19);5,8,12H,1-4,6-7H2;4-5H,1-3H2;1H2/i/hT2. The van der Waals surface area contributed by atoms with E-state index in [1.54, 1.807) is 0 Å². The molecule has 0 atom stereocenters. The van der Waals surface area contributed by atoms with E-state index in [0.29, 0.717) is 110 Å². The van der Waals surface area contributed by atoms with Crippen LogP contribution in [0.15, 0.2) is 0 Å². The first-order valence-electron chi connectivity index (χ1n) is 14.7. The maximum Gasteiger partial charge on any atom is 0.407 e. The molecule has 4 N–H and O–H groups in total. The van der Waals surface area contributed by atoms with Crippen LogP contribution >= 0.6 is 25.6 Å². The van der Waals surface area contributed by atoms with E-state index < -0.39 is 12.0 Å². The van der Waals surface area contributed by atoms with Crippen molar-refractivity contribution in [2.75, 3.05) is 59.2 Å². The average molecular weight is 679 g/mol. The molecule has 0 spiro atoms. The Balaban J connectivity index is -0.000000333. The third kappa shape index (κ3) is 55.5. The lowest BCUT2D eigenvalue weighted by molar-refractivity contribution is -0.124. The second kappa shape index (κ2) is 50.2. The van der Waals surface area contributed by atoms with Crippen LogP contribution in [0.2, 0.25) is 0 Å². The highest BCUT2D eigenvalue weighted by Gasteiger charge is 2.06. The van der Waals surface area contributed by atoms with Crippen molar-refractivity contribution in [3.8, 4) is 0 Å². The van der Waals surface area contributed by atoms with Gasteiger partial charge in [0, 0.05) is 65.1 Å². The van der Waals surface area contributed by atoms with Gasteiger partial charge in [-0.15, -0.1) is 0 Å². The minimum Gasteiger partial charge on any atom is -0.439 e. The fraction of sp³-hybridized carbons (Fsp3) is 0.731. The molecule has 0 bridgehead atoms. The van der Waals surface area contributed by atoms with E-state index in [-0.39, 0.29) is 13.2 Å². The summed E-state index contributed by atoms with van der Waals surface area (Å²) in [7, 11) is 0. The van der Waals surface area contributed by atoms with E-state index >= 15 is 0 Å². The number of nitrogens with one attached hydrogen (secondary N) is 4. The molecule has 0 aliphatic heterocycles. The summed E-state index contributed by atoms with van der Waals surface area (Å²) in [5.41, 5.74) is 5.19. The first-order chi connectivity index (χ1) is 22.5. The molecule has 0 saturated carbocycles. The molecule has 0 aromatic heterocycles. The predicted molar refractivity (Wildman–Crippen MR) is 168 cm³/mol. The first-order valence-corrected chi connectivity index (χ1v) is 14.6. The molecule has 18 heteroatoms. The Morgan fingerprint density at radius 1 is 0.614 bits per heavy atom. The second-order valence-corrected chi connectivity index (χ2v) is 8.31. The van der Waals surface area contributed by atoms with Gasteiger partial charge in [-0.3, -0.25) is 4.79 Å². The summed E-state index contributed by atoms with van der Waals surface area (Å²) in [4.78, 5) is 69.7. The Labute approximate surface area is 273 Å². The molecular weight excluding hydrogens is 624 g/mol. The van der Waals surface area contributed by atoms with Crippen molar-refractivity contribution in [1.82, 2.24) is 21.6 Å². The van der Waals surface area contributed by atoms with Gasteiger partial charge in [0.05, 0.1) is 13.2 Å². The van der Waals surface area contributed by atoms with Gasteiger partial charge in [-0.2, -0.15) is 11.0 Å². The molecule has 0 aromatic rings. The van der Waals surface area contributed by atoms with Gasteiger partial charge in [0.25, 0.3) is 5.91 Å². The van der Waals surface area contributed by atoms with Gasteiger partial charge >= 0.3 is 6.09 Å². The van der Waals surface area contributed by atoms with E-state index in [1.807, 2.05) is 6.79 Å². The lowest BCUT2D eigenvalue weighted by atomic mass is 10.3. The number of alkyl carbamates (subject to hydrolysis) is 1. The van der Waals surface area contributed by atoms with Gasteiger partial charge in [0.2, 0.25) is 0 Å². The monoisotopic (exact) mass is 678 g/mol. The zero-order chi connectivity index (χ0) is 35.2. The van der Waals surface area contributed by atoms with E-state index in [9.17, 15) is 28.8 Å². The Morgan fingerprint density at radius 2 is 1.14 bits per heavy atom. The zero-order valence-corrected chi connectivity index (χ0v) is 26.8. The topological polar surface area (TPSA) is 214 Å². The summed E-state index contributed by atoms with van der Waals surface area (Å²) >= 11 is 1.05. The van der Waals surface area contributed by atoms with Gasteiger partial charge in [0.15, 0.2) is 6.61 Å². The van der Waals surface area contributed by atoms with Gasteiger partial charge in [-0.05, 0) is 64.2 Å². The number of hydroxylamine groups is 2. The summed E-state index contributed by atoms with van der Waals surface area (Å²) in [5, 5.41) is 4.99. The molecule has 0 aliphatic rings. The normalized spacial score (nSPS) is 10.0. The number of thiol groups is 2. The summed E-state index contributed by atoms with van der Waals surface area (Å²) < 4.78 is 37.5. The molecule has 0 unspecified atom stereocenters. The smallest absolute Gasteiger partial charge is 0.407 e. The van der Waals surface area contributed by atoms with E-state index in [2.05, 4.69) is 30.2 Å². The van der Waals surface area contributed by atoms with Crippen molar-refractivity contribution in [3.05, 3.63) is 0 Å². The molecule has 0 aliphatic carbocycles. The Bertz CT molecular complexity index is 689. The molecule has 258 valence electrons. The second-order valence-electron chi connectivity index (χ2n) is 7.98. The minimum atomic E-state index is -0.684. The molecule has 0 radical (unpaired) electrons. The summed E-state index contributed by atoms with van der Waals surface area (Å²) in [6, 6.07) is 0. The third-order valence-electron chi connectivity index (χ3n) is 4.45. The van der Waals surface area contributed by atoms with Crippen LogP contribution < -0.4 is 21.6 Å². The lowest BCUT2D eigenvalue weighted by Gasteiger charge is -2.08. The Morgan fingerprint density at radius 3 is 1.66 bits per heavy atom. The fourth-order valence-electron chi connectivity index (χ4n) is 2.38. The predicted octanol–water partition coefficient (Wildman–Crippen LogP) is 1.08. The van der Waals surface area contributed by atoms with Gasteiger partial charge in [-0.25, -0.2) is 13.4 Å². The molecule has 0 heterocycles.